The van der Waals surface area contributed by atoms with Crippen LogP contribution in [0.5, 0.6) is 5.75 Å². The third kappa shape index (κ3) is 7.81. The number of ether oxygens (including phenoxy) is 1. The van der Waals surface area contributed by atoms with Crippen LogP contribution in [0.3, 0.4) is 0 Å². The lowest BCUT2D eigenvalue weighted by Gasteiger charge is -2.25. The molecule has 0 bridgehead atoms. The van der Waals surface area contributed by atoms with Gasteiger partial charge in [-0.2, -0.15) is 13.2 Å². The maximum Gasteiger partial charge on any atom is 0.425 e. The van der Waals surface area contributed by atoms with Crippen LogP contribution >= 0.6 is 11.6 Å². The van der Waals surface area contributed by atoms with Crippen LogP contribution in [0.25, 0.3) is 11.3 Å². The van der Waals surface area contributed by atoms with Gasteiger partial charge < -0.3 is 31.2 Å². The van der Waals surface area contributed by atoms with Gasteiger partial charge in [-0.25, -0.2) is 4.98 Å². The van der Waals surface area contributed by atoms with Gasteiger partial charge in [-0.05, 0) is 57.4 Å². The molecule has 3 aromatic rings. The monoisotopic (exact) mass is 609 g/mol. The van der Waals surface area contributed by atoms with Gasteiger partial charge >= 0.3 is 6.18 Å². The Bertz CT molecular complexity index is 1420. The minimum atomic E-state index is -4.65. The van der Waals surface area contributed by atoms with E-state index in [2.05, 4.69) is 10.3 Å². The smallest absolute Gasteiger partial charge is 0.425 e. The molecule has 0 saturated heterocycles. The van der Waals surface area contributed by atoms with Crippen LogP contribution in [0.2, 0.25) is 5.02 Å². The molecule has 0 fully saturated rings. The molecular formula is C29H35ClF3N5O4. The van der Waals surface area contributed by atoms with Crippen molar-refractivity contribution in [2.45, 2.75) is 64.5 Å². The molecule has 2 atom stereocenters. The highest BCUT2D eigenvalue weighted by Crippen LogP contribution is 2.39. The van der Waals surface area contributed by atoms with Gasteiger partial charge in [-0.1, -0.05) is 35.9 Å². The van der Waals surface area contributed by atoms with Crippen molar-refractivity contribution in [3.8, 4) is 17.0 Å². The highest BCUT2D eigenvalue weighted by molar-refractivity contribution is 6.33. The van der Waals surface area contributed by atoms with Crippen LogP contribution < -0.4 is 21.5 Å². The fourth-order valence-electron chi connectivity index (χ4n) is 4.50. The molecule has 0 saturated carbocycles. The number of benzene rings is 2. The summed E-state index contributed by atoms with van der Waals surface area (Å²) in [6.07, 6.45) is -4.75. The molecule has 0 spiro atoms. The summed E-state index contributed by atoms with van der Waals surface area (Å²) in [5.74, 6) is -1.76. The number of carbonyl (C=O) groups excluding carboxylic acids is 2. The third-order valence-corrected chi connectivity index (χ3v) is 7.10. The topological polar surface area (TPSA) is 145 Å². The van der Waals surface area contributed by atoms with Crippen molar-refractivity contribution in [2.24, 2.45) is 11.5 Å². The molecule has 42 heavy (non-hydrogen) atoms. The van der Waals surface area contributed by atoms with Crippen LogP contribution in [-0.4, -0.2) is 51.8 Å². The summed E-state index contributed by atoms with van der Waals surface area (Å²) in [6, 6.07) is 9.74. The number of nitrogens with one attached hydrogen (secondary N) is 1. The Morgan fingerprint density at radius 2 is 1.81 bits per heavy atom. The summed E-state index contributed by atoms with van der Waals surface area (Å²) in [4.78, 5) is 29.0. The number of imidazole rings is 1. The van der Waals surface area contributed by atoms with E-state index in [4.69, 9.17) is 27.8 Å². The number of aromatic nitrogens is 2. The van der Waals surface area contributed by atoms with Crippen molar-refractivity contribution in [2.75, 3.05) is 13.1 Å². The van der Waals surface area contributed by atoms with Gasteiger partial charge in [0.2, 0.25) is 11.8 Å². The molecule has 0 unspecified atom stereocenters. The first-order chi connectivity index (χ1) is 19.6. The van der Waals surface area contributed by atoms with E-state index in [0.717, 1.165) is 24.1 Å². The second-order valence-electron chi connectivity index (χ2n) is 10.4. The standard InChI is InChI=1S/C29H35ClF3N5O4/c1-5-38-15-21(37-27(38)28(3,4)41)18-8-6-17(7-9-18)12-19(14-36-23(39)13-34)24-20(26(35)40)10-11-22(25(24)30)42-16(2)29(31,32)33/h6-11,15-16,19,41H,5,12-14,34H2,1-4H3,(H2,35,40)(H,36,39)/t16-,19-/m1/s1. The minimum absolute atomic E-state index is 0.0140. The Hall–Kier alpha value is -3.61. The van der Waals surface area contributed by atoms with Crippen molar-refractivity contribution in [3.05, 3.63) is 70.1 Å². The van der Waals surface area contributed by atoms with E-state index in [0.29, 0.717) is 18.1 Å². The molecule has 1 aromatic heterocycles. The van der Waals surface area contributed by atoms with E-state index in [1.54, 1.807) is 13.8 Å². The zero-order chi connectivity index (χ0) is 31.4. The molecule has 9 nitrogen and oxygen atoms in total. The number of aryl methyl sites for hydroxylation is 1. The molecule has 13 heteroatoms. The lowest BCUT2D eigenvalue weighted by molar-refractivity contribution is -0.189. The summed E-state index contributed by atoms with van der Waals surface area (Å²) in [6.45, 7) is 6.40. The predicted molar refractivity (Wildman–Crippen MR) is 153 cm³/mol. The van der Waals surface area contributed by atoms with Crippen LogP contribution in [0, 0.1) is 0 Å². The number of halogens is 4. The number of rotatable bonds is 12. The molecule has 2 amide bonds. The number of primary amides is 1. The Morgan fingerprint density at radius 3 is 2.31 bits per heavy atom. The molecule has 6 N–H and O–H groups in total. The van der Waals surface area contributed by atoms with Gasteiger partial charge in [-0.15, -0.1) is 0 Å². The van der Waals surface area contributed by atoms with Gasteiger partial charge in [0.25, 0.3) is 0 Å². The lowest BCUT2D eigenvalue weighted by Crippen LogP contribution is -2.35. The number of hydrogen-bond donors (Lipinski definition) is 4. The third-order valence-electron chi connectivity index (χ3n) is 6.71. The van der Waals surface area contributed by atoms with Crippen LogP contribution in [0.1, 0.15) is 60.9 Å². The number of nitrogens with two attached hydrogens (primary N) is 2. The fourth-order valence-corrected chi connectivity index (χ4v) is 4.86. The highest BCUT2D eigenvalue weighted by Gasteiger charge is 2.39. The first kappa shape index (κ1) is 32.9. The quantitative estimate of drug-likeness (QED) is 0.241. The second kappa shape index (κ2) is 13.1. The van der Waals surface area contributed by atoms with Crippen LogP contribution in [-0.2, 0) is 23.4 Å². The van der Waals surface area contributed by atoms with Gasteiger partial charge in [0.1, 0.15) is 17.2 Å². The summed E-state index contributed by atoms with van der Waals surface area (Å²) in [5.41, 5.74) is 12.3. The Balaban J connectivity index is 2.01. The van der Waals surface area contributed by atoms with E-state index in [9.17, 15) is 27.9 Å². The predicted octanol–water partition coefficient (Wildman–Crippen LogP) is 4.28. The van der Waals surface area contributed by atoms with Gasteiger partial charge in [-0.3, -0.25) is 9.59 Å². The normalized spacial score (nSPS) is 13.5. The molecule has 2 aromatic carbocycles. The van der Waals surface area contributed by atoms with E-state index in [-0.39, 0.29) is 41.4 Å². The van der Waals surface area contributed by atoms with Crippen LogP contribution in [0.15, 0.2) is 42.6 Å². The summed E-state index contributed by atoms with van der Waals surface area (Å²) in [7, 11) is 0. The SMILES string of the molecule is CCn1cc(-c2ccc(C[C@H](CNC(=O)CN)c3c(C(N)=O)ccc(O[C@H](C)C(F)(F)F)c3Cl)cc2)nc1C(C)(C)O. The average Bonchev–Trinajstić information content (AvgIpc) is 3.37. The molecule has 3 rings (SSSR count). The van der Waals surface area contributed by atoms with Crippen molar-refractivity contribution in [1.82, 2.24) is 14.9 Å². The zero-order valence-electron chi connectivity index (χ0n) is 23.8. The Morgan fingerprint density at radius 1 is 1.17 bits per heavy atom. The maximum absolute atomic E-state index is 13.2. The van der Waals surface area contributed by atoms with E-state index < -0.39 is 35.6 Å². The summed E-state index contributed by atoms with van der Waals surface area (Å²) in [5, 5.41) is 12.9. The zero-order valence-corrected chi connectivity index (χ0v) is 24.5. The first-order valence-corrected chi connectivity index (χ1v) is 13.7. The summed E-state index contributed by atoms with van der Waals surface area (Å²) >= 11 is 6.57. The number of amides is 2. The fraction of sp³-hybridized carbons (Fsp3) is 0.414. The molecule has 228 valence electrons. The number of nitrogens with zero attached hydrogens (tertiary/aromatic N) is 2. The van der Waals surface area contributed by atoms with Crippen molar-refractivity contribution in [3.63, 3.8) is 0 Å². The van der Waals surface area contributed by atoms with E-state index >= 15 is 0 Å². The highest BCUT2D eigenvalue weighted by atomic mass is 35.5. The second-order valence-corrected chi connectivity index (χ2v) is 10.8. The molecule has 0 aliphatic rings. The van der Waals surface area contributed by atoms with Crippen molar-refractivity contribution < 1.29 is 32.6 Å². The minimum Gasteiger partial charge on any atom is -0.480 e. The number of alkyl halides is 3. The molecule has 0 radical (unpaired) electrons. The first-order valence-electron chi connectivity index (χ1n) is 13.3. The van der Waals surface area contributed by atoms with E-state index in [1.807, 2.05) is 42.0 Å². The molecule has 0 aliphatic heterocycles. The number of aliphatic hydroxyl groups is 1. The number of carbonyl (C=O) groups is 2. The summed E-state index contributed by atoms with van der Waals surface area (Å²) < 4.78 is 46.6. The molecular weight excluding hydrogens is 575 g/mol. The van der Waals surface area contributed by atoms with Crippen molar-refractivity contribution in [1.29, 1.82) is 0 Å². The maximum atomic E-state index is 13.2. The lowest BCUT2D eigenvalue weighted by atomic mass is 9.87. The van der Waals surface area contributed by atoms with Gasteiger partial charge in [0.05, 0.1) is 17.3 Å². The Kier molecular flexibility index (Phi) is 10.3. The Labute approximate surface area is 247 Å². The largest absolute Gasteiger partial charge is 0.480 e. The van der Waals surface area contributed by atoms with E-state index in [1.165, 1.54) is 6.07 Å². The molecule has 1 heterocycles. The van der Waals surface area contributed by atoms with Gasteiger partial charge in [0.15, 0.2) is 6.10 Å². The van der Waals surface area contributed by atoms with Gasteiger partial charge in [0, 0.05) is 36.3 Å². The van der Waals surface area contributed by atoms with Crippen molar-refractivity contribution >= 4 is 23.4 Å². The molecule has 0 aliphatic carbocycles. The van der Waals surface area contributed by atoms with Crippen LogP contribution in [0.4, 0.5) is 13.2 Å². The number of hydrogen-bond acceptors (Lipinski definition) is 6. The average molecular weight is 610 g/mol.